The molecule has 0 fully saturated rings. The van der Waals surface area contributed by atoms with Gasteiger partial charge in [-0.05, 0) is 30.7 Å². The number of aryl methyl sites for hydroxylation is 1. The molecule has 29 heavy (non-hydrogen) atoms. The van der Waals surface area contributed by atoms with Crippen LogP contribution in [0.2, 0.25) is 0 Å². The topological polar surface area (TPSA) is 76.6 Å². The number of aromatic nitrogens is 2. The van der Waals surface area contributed by atoms with Crippen LogP contribution in [0.3, 0.4) is 0 Å². The third-order valence-corrected chi connectivity index (χ3v) is 4.32. The third kappa shape index (κ3) is 5.01. The molecule has 0 aliphatic rings. The van der Waals surface area contributed by atoms with E-state index in [1.165, 1.54) is 0 Å². The lowest BCUT2D eigenvalue weighted by atomic mass is 10.2. The van der Waals surface area contributed by atoms with Gasteiger partial charge in [-0.25, -0.2) is 9.97 Å². The Morgan fingerprint density at radius 2 is 1.72 bits per heavy atom. The first kappa shape index (κ1) is 20.1. The summed E-state index contributed by atoms with van der Waals surface area (Å²) < 4.78 is 10.6. The summed E-state index contributed by atoms with van der Waals surface area (Å²) in [6.45, 7) is 2.33. The maximum atomic E-state index is 12.9. The van der Waals surface area contributed by atoms with Gasteiger partial charge in [0.25, 0.3) is 5.91 Å². The molecule has 0 aliphatic carbocycles. The van der Waals surface area contributed by atoms with Crippen molar-refractivity contribution in [1.82, 2.24) is 14.9 Å². The molecule has 0 atom stereocenters. The van der Waals surface area contributed by atoms with E-state index in [1.807, 2.05) is 43.3 Å². The van der Waals surface area contributed by atoms with E-state index >= 15 is 0 Å². The van der Waals surface area contributed by atoms with Gasteiger partial charge < -0.3 is 19.7 Å². The van der Waals surface area contributed by atoms with Crippen molar-refractivity contribution < 1.29 is 14.3 Å². The average molecular weight is 392 g/mol. The number of benzene rings is 2. The van der Waals surface area contributed by atoms with E-state index in [1.54, 1.807) is 44.4 Å². The minimum absolute atomic E-state index is 0.172. The second-order valence-corrected chi connectivity index (χ2v) is 6.56. The number of hydrogen-bond donors (Lipinski definition) is 1. The minimum Gasteiger partial charge on any atom is -0.493 e. The summed E-state index contributed by atoms with van der Waals surface area (Å²) in [4.78, 5) is 23.3. The average Bonchev–Trinajstić information content (AvgIpc) is 2.73. The molecular formula is C22H24N4O3. The molecule has 0 saturated heterocycles. The fourth-order valence-corrected chi connectivity index (χ4v) is 2.90. The van der Waals surface area contributed by atoms with Gasteiger partial charge in [0.05, 0.1) is 14.2 Å². The highest BCUT2D eigenvalue weighted by atomic mass is 16.5. The van der Waals surface area contributed by atoms with Crippen molar-refractivity contribution in [3.63, 3.8) is 0 Å². The van der Waals surface area contributed by atoms with Crippen LogP contribution in [0.15, 0.2) is 54.6 Å². The van der Waals surface area contributed by atoms with Gasteiger partial charge in [-0.15, -0.1) is 0 Å². The van der Waals surface area contributed by atoms with Gasteiger partial charge in [-0.1, -0.05) is 30.3 Å². The zero-order chi connectivity index (χ0) is 20.8. The first-order valence-corrected chi connectivity index (χ1v) is 9.14. The van der Waals surface area contributed by atoms with E-state index in [2.05, 4.69) is 15.3 Å². The number of carbonyl (C=O) groups is 1. The number of methoxy groups -OCH3 is 2. The second-order valence-electron chi connectivity index (χ2n) is 6.56. The van der Waals surface area contributed by atoms with Crippen LogP contribution in [0, 0.1) is 6.92 Å². The monoisotopic (exact) mass is 392 g/mol. The molecule has 1 amide bonds. The van der Waals surface area contributed by atoms with Gasteiger partial charge in [0.15, 0.2) is 11.5 Å². The number of rotatable bonds is 7. The normalized spacial score (nSPS) is 10.3. The van der Waals surface area contributed by atoms with Crippen LogP contribution in [-0.4, -0.2) is 42.0 Å². The van der Waals surface area contributed by atoms with Gasteiger partial charge in [-0.3, -0.25) is 4.79 Å². The molecule has 0 radical (unpaired) electrons. The van der Waals surface area contributed by atoms with Crippen LogP contribution in [-0.2, 0) is 6.54 Å². The zero-order valence-corrected chi connectivity index (χ0v) is 17.0. The van der Waals surface area contributed by atoms with Gasteiger partial charge >= 0.3 is 0 Å². The fourth-order valence-electron chi connectivity index (χ4n) is 2.90. The van der Waals surface area contributed by atoms with E-state index in [0.717, 1.165) is 11.3 Å². The molecule has 3 rings (SSSR count). The second kappa shape index (κ2) is 9.05. The van der Waals surface area contributed by atoms with Crippen LogP contribution >= 0.6 is 0 Å². The molecule has 1 heterocycles. The summed E-state index contributed by atoms with van der Waals surface area (Å²) in [7, 11) is 4.91. The van der Waals surface area contributed by atoms with Crippen molar-refractivity contribution in [3.8, 4) is 11.5 Å². The molecule has 1 N–H and O–H groups in total. The molecule has 150 valence electrons. The standard InChI is InChI=1S/C22H24N4O3/c1-15-12-18(21(27)26(2)14-16-8-6-5-7-9-16)25-22(23-15)24-17-10-11-19(28-3)20(13-17)29-4/h5-13H,14H2,1-4H3,(H,23,24,25). The van der Waals surface area contributed by atoms with E-state index in [4.69, 9.17) is 9.47 Å². The molecule has 0 bridgehead atoms. The van der Waals surface area contributed by atoms with Crippen molar-refractivity contribution in [2.75, 3.05) is 26.6 Å². The Labute approximate surface area is 170 Å². The van der Waals surface area contributed by atoms with Gasteiger partial charge in [-0.2, -0.15) is 0 Å². The quantitative estimate of drug-likeness (QED) is 0.659. The lowest BCUT2D eigenvalue weighted by Crippen LogP contribution is -2.27. The Balaban J connectivity index is 1.80. The molecule has 7 nitrogen and oxygen atoms in total. The first-order chi connectivity index (χ1) is 14.0. The lowest BCUT2D eigenvalue weighted by molar-refractivity contribution is 0.0779. The van der Waals surface area contributed by atoms with Crippen molar-refractivity contribution in [1.29, 1.82) is 0 Å². The van der Waals surface area contributed by atoms with Crippen molar-refractivity contribution in [3.05, 3.63) is 71.5 Å². The predicted octanol–water partition coefficient (Wildman–Crippen LogP) is 3.82. The summed E-state index contributed by atoms with van der Waals surface area (Å²) in [5, 5.41) is 3.13. The molecule has 0 unspecified atom stereocenters. The number of ether oxygens (including phenoxy) is 2. The van der Waals surface area contributed by atoms with Crippen molar-refractivity contribution in [2.45, 2.75) is 13.5 Å². The Bertz CT molecular complexity index is 993. The Morgan fingerprint density at radius 1 is 1.00 bits per heavy atom. The molecule has 0 spiro atoms. The lowest BCUT2D eigenvalue weighted by Gasteiger charge is -2.17. The molecule has 0 aliphatic heterocycles. The first-order valence-electron chi connectivity index (χ1n) is 9.14. The fraction of sp³-hybridized carbons (Fsp3) is 0.227. The van der Waals surface area contributed by atoms with Gasteiger partial charge in [0.1, 0.15) is 5.69 Å². The smallest absolute Gasteiger partial charge is 0.272 e. The number of amides is 1. The number of hydrogen-bond acceptors (Lipinski definition) is 6. The molecule has 0 saturated carbocycles. The highest BCUT2D eigenvalue weighted by Crippen LogP contribution is 2.30. The maximum Gasteiger partial charge on any atom is 0.272 e. The van der Waals surface area contributed by atoms with Gasteiger partial charge in [0.2, 0.25) is 5.95 Å². The summed E-state index contributed by atoms with van der Waals surface area (Å²) in [5.74, 6) is 1.38. The number of carbonyl (C=O) groups excluding carboxylic acids is 1. The number of nitrogens with one attached hydrogen (secondary N) is 1. The highest BCUT2D eigenvalue weighted by Gasteiger charge is 2.16. The van der Waals surface area contributed by atoms with Crippen LogP contribution < -0.4 is 14.8 Å². The van der Waals surface area contributed by atoms with Gasteiger partial charge in [0, 0.05) is 31.0 Å². The SMILES string of the molecule is COc1ccc(Nc2nc(C)cc(C(=O)N(C)Cc3ccccc3)n2)cc1OC. The van der Waals surface area contributed by atoms with Crippen molar-refractivity contribution in [2.24, 2.45) is 0 Å². The molecule has 7 heteroatoms. The Kier molecular flexibility index (Phi) is 6.29. The zero-order valence-electron chi connectivity index (χ0n) is 17.0. The Morgan fingerprint density at radius 3 is 2.41 bits per heavy atom. The number of anilines is 2. The summed E-state index contributed by atoms with van der Waals surface area (Å²) in [5.41, 5.74) is 2.81. The van der Waals surface area contributed by atoms with Crippen LogP contribution in [0.1, 0.15) is 21.7 Å². The maximum absolute atomic E-state index is 12.9. The van der Waals surface area contributed by atoms with E-state index in [-0.39, 0.29) is 5.91 Å². The number of nitrogens with zero attached hydrogens (tertiary/aromatic N) is 3. The van der Waals surface area contributed by atoms with Crippen molar-refractivity contribution >= 4 is 17.5 Å². The molecule has 1 aromatic heterocycles. The highest BCUT2D eigenvalue weighted by molar-refractivity contribution is 5.92. The van der Waals surface area contributed by atoms with Crippen LogP contribution in [0.5, 0.6) is 11.5 Å². The molecular weight excluding hydrogens is 368 g/mol. The summed E-state index contributed by atoms with van der Waals surface area (Å²) in [6.07, 6.45) is 0. The van der Waals surface area contributed by atoms with E-state index < -0.39 is 0 Å². The molecule has 3 aromatic rings. The predicted molar refractivity (Wildman–Crippen MR) is 112 cm³/mol. The Hall–Kier alpha value is -3.61. The van der Waals surface area contributed by atoms with Crippen LogP contribution in [0.25, 0.3) is 0 Å². The summed E-state index contributed by atoms with van der Waals surface area (Å²) in [6, 6.07) is 16.9. The van der Waals surface area contributed by atoms with Crippen LogP contribution in [0.4, 0.5) is 11.6 Å². The minimum atomic E-state index is -0.172. The van der Waals surface area contributed by atoms with E-state index in [9.17, 15) is 4.79 Å². The third-order valence-electron chi connectivity index (χ3n) is 4.32. The molecule has 2 aromatic carbocycles. The largest absolute Gasteiger partial charge is 0.493 e. The summed E-state index contributed by atoms with van der Waals surface area (Å²) >= 11 is 0. The van der Waals surface area contributed by atoms with E-state index in [0.29, 0.717) is 35.4 Å².